The molecule has 0 spiro atoms. The predicted octanol–water partition coefficient (Wildman–Crippen LogP) is 3.80. The number of pyridine rings is 1. The van der Waals surface area contributed by atoms with Gasteiger partial charge in [-0.05, 0) is 43.7 Å². The number of nitrogens with zero attached hydrogens (tertiary/aromatic N) is 3. The van der Waals surface area contributed by atoms with Gasteiger partial charge in [-0.1, -0.05) is 22.0 Å². The Morgan fingerprint density at radius 1 is 1.17 bits per heavy atom. The van der Waals surface area contributed by atoms with Crippen LogP contribution in [-0.2, 0) is 0 Å². The lowest BCUT2D eigenvalue weighted by Crippen LogP contribution is -1.99. The van der Waals surface area contributed by atoms with Crippen LogP contribution in [0.1, 0.15) is 11.3 Å². The third kappa shape index (κ3) is 1.82. The topological polar surface area (TPSA) is 30.7 Å². The lowest BCUT2D eigenvalue weighted by Gasteiger charge is -2.04. The van der Waals surface area contributed by atoms with E-state index in [1.807, 2.05) is 36.0 Å². The molecule has 0 aliphatic rings. The van der Waals surface area contributed by atoms with Crippen LogP contribution in [0.15, 0.2) is 41.0 Å². The van der Waals surface area contributed by atoms with E-state index in [0.29, 0.717) is 0 Å². The average Bonchev–Trinajstić information content (AvgIpc) is 2.73. The summed E-state index contributed by atoms with van der Waals surface area (Å²) in [5.41, 5.74) is 3.26. The van der Waals surface area contributed by atoms with Gasteiger partial charge >= 0.3 is 0 Å². The molecule has 18 heavy (non-hydrogen) atoms. The number of fused-ring (bicyclic) bond motifs is 1. The third-order valence-electron chi connectivity index (χ3n) is 2.94. The molecule has 2 heterocycles. The first-order valence-electron chi connectivity index (χ1n) is 5.73. The Hall–Kier alpha value is -1.68. The van der Waals surface area contributed by atoms with Crippen molar-refractivity contribution in [2.24, 2.45) is 0 Å². The maximum atomic E-state index is 4.50. The SMILES string of the molecule is Cc1cccc(-n2ncc3cc(C)c(Br)cc32)n1. The molecule has 0 radical (unpaired) electrons. The van der Waals surface area contributed by atoms with Gasteiger partial charge in [0.1, 0.15) is 0 Å². The molecule has 1 aromatic carbocycles. The van der Waals surface area contributed by atoms with E-state index < -0.39 is 0 Å². The van der Waals surface area contributed by atoms with Gasteiger partial charge in [-0.25, -0.2) is 9.67 Å². The van der Waals surface area contributed by atoms with E-state index in [1.54, 1.807) is 0 Å². The van der Waals surface area contributed by atoms with E-state index in [2.05, 4.69) is 45.1 Å². The van der Waals surface area contributed by atoms with Crippen LogP contribution in [0, 0.1) is 13.8 Å². The zero-order valence-corrected chi connectivity index (χ0v) is 11.8. The molecular formula is C14H12BrN3. The number of rotatable bonds is 1. The first kappa shape index (κ1) is 11.4. The molecule has 0 atom stereocenters. The Balaban J connectivity index is 2.27. The summed E-state index contributed by atoms with van der Waals surface area (Å²) in [7, 11) is 0. The molecular weight excluding hydrogens is 290 g/mol. The van der Waals surface area contributed by atoms with Crippen LogP contribution in [-0.4, -0.2) is 14.8 Å². The van der Waals surface area contributed by atoms with E-state index in [-0.39, 0.29) is 0 Å². The lowest BCUT2D eigenvalue weighted by atomic mass is 10.2. The van der Waals surface area contributed by atoms with Gasteiger partial charge in [0.2, 0.25) is 0 Å². The quantitative estimate of drug-likeness (QED) is 0.684. The summed E-state index contributed by atoms with van der Waals surface area (Å²) in [6.45, 7) is 4.06. The van der Waals surface area contributed by atoms with Gasteiger partial charge in [0.25, 0.3) is 0 Å². The molecule has 0 saturated carbocycles. The smallest absolute Gasteiger partial charge is 0.154 e. The van der Waals surface area contributed by atoms with Crippen molar-refractivity contribution in [3.63, 3.8) is 0 Å². The zero-order chi connectivity index (χ0) is 12.7. The molecule has 0 bridgehead atoms. The molecule has 4 heteroatoms. The Morgan fingerprint density at radius 3 is 2.78 bits per heavy atom. The summed E-state index contributed by atoms with van der Waals surface area (Å²) in [6.07, 6.45) is 1.87. The van der Waals surface area contributed by atoms with Crippen molar-refractivity contribution in [3.05, 3.63) is 52.3 Å². The van der Waals surface area contributed by atoms with Crippen LogP contribution in [0.25, 0.3) is 16.7 Å². The van der Waals surface area contributed by atoms with Gasteiger partial charge in [-0.15, -0.1) is 0 Å². The fourth-order valence-electron chi connectivity index (χ4n) is 1.99. The molecule has 0 aliphatic carbocycles. The van der Waals surface area contributed by atoms with Gasteiger partial charge < -0.3 is 0 Å². The second-order valence-corrected chi connectivity index (χ2v) is 5.21. The van der Waals surface area contributed by atoms with Crippen molar-refractivity contribution < 1.29 is 0 Å². The molecule has 3 nitrogen and oxygen atoms in total. The molecule has 0 fully saturated rings. The van der Waals surface area contributed by atoms with Gasteiger partial charge in [-0.3, -0.25) is 0 Å². The second kappa shape index (κ2) is 4.21. The first-order chi connectivity index (χ1) is 8.65. The number of halogens is 1. The molecule has 3 aromatic rings. The maximum Gasteiger partial charge on any atom is 0.154 e. The fourth-order valence-corrected chi connectivity index (χ4v) is 2.32. The molecule has 3 rings (SSSR count). The van der Waals surface area contributed by atoms with Crippen LogP contribution in [0.2, 0.25) is 0 Å². The normalized spacial score (nSPS) is 11.1. The van der Waals surface area contributed by atoms with E-state index in [1.165, 1.54) is 5.56 Å². The van der Waals surface area contributed by atoms with Gasteiger partial charge in [-0.2, -0.15) is 5.10 Å². The van der Waals surface area contributed by atoms with Gasteiger partial charge in [0, 0.05) is 15.6 Å². The van der Waals surface area contributed by atoms with E-state index in [9.17, 15) is 0 Å². The maximum absolute atomic E-state index is 4.50. The molecule has 0 aliphatic heterocycles. The van der Waals surface area contributed by atoms with Crippen LogP contribution >= 0.6 is 15.9 Å². The second-order valence-electron chi connectivity index (χ2n) is 4.35. The first-order valence-corrected chi connectivity index (χ1v) is 6.52. The standard InChI is InChI=1S/C14H12BrN3/c1-9-6-11-8-16-18(13(11)7-12(9)15)14-5-3-4-10(2)17-14/h3-8H,1-2H3. The highest BCUT2D eigenvalue weighted by Crippen LogP contribution is 2.25. The van der Waals surface area contributed by atoms with Crippen LogP contribution < -0.4 is 0 Å². The number of hydrogen-bond donors (Lipinski definition) is 0. The van der Waals surface area contributed by atoms with Crippen molar-refractivity contribution in [2.75, 3.05) is 0 Å². The van der Waals surface area contributed by atoms with E-state index >= 15 is 0 Å². The van der Waals surface area contributed by atoms with Crippen molar-refractivity contribution >= 4 is 26.8 Å². The molecule has 0 saturated heterocycles. The predicted molar refractivity (Wildman–Crippen MR) is 76.0 cm³/mol. The largest absolute Gasteiger partial charge is 0.234 e. The summed E-state index contributed by atoms with van der Waals surface area (Å²) < 4.78 is 2.96. The molecule has 0 N–H and O–H groups in total. The Kier molecular flexibility index (Phi) is 2.67. The summed E-state index contributed by atoms with van der Waals surface area (Å²) in [5.74, 6) is 0.848. The highest BCUT2D eigenvalue weighted by molar-refractivity contribution is 9.10. The van der Waals surface area contributed by atoms with Gasteiger partial charge in [0.05, 0.1) is 11.7 Å². The monoisotopic (exact) mass is 301 g/mol. The molecule has 2 aromatic heterocycles. The Morgan fingerprint density at radius 2 is 2.00 bits per heavy atom. The molecule has 0 amide bonds. The summed E-state index contributed by atoms with van der Waals surface area (Å²) >= 11 is 3.56. The minimum atomic E-state index is 0.848. The summed E-state index contributed by atoms with van der Waals surface area (Å²) in [5, 5.41) is 5.55. The minimum Gasteiger partial charge on any atom is -0.234 e. The van der Waals surface area contributed by atoms with Crippen LogP contribution in [0.5, 0.6) is 0 Å². The molecule has 0 unspecified atom stereocenters. The summed E-state index contributed by atoms with van der Waals surface area (Å²) in [6, 6.07) is 10.2. The van der Waals surface area contributed by atoms with E-state index in [0.717, 1.165) is 26.9 Å². The van der Waals surface area contributed by atoms with Crippen molar-refractivity contribution in [3.8, 4) is 5.82 Å². The Bertz CT molecular complexity index is 731. The molecule has 90 valence electrons. The third-order valence-corrected chi connectivity index (χ3v) is 3.79. The number of hydrogen-bond acceptors (Lipinski definition) is 2. The van der Waals surface area contributed by atoms with E-state index in [4.69, 9.17) is 0 Å². The highest BCUT2D eigenvalue weighted by Gasteiger charge is 2.08. The van der Waals surface area contributed by atoms with Crippen LogP contribution in [0.4, 0.5) is 0 Å². The summed E-state index contributed by atoms with van der Waals surface area (Å²) in [4.78, 5) is 4.50. The highest BCUT2D eigenvalue weighted by atomic mass is 79.9. The minimum absolute atomic E-state index is 0.848. The average molecular weight is 302 g/mol. The Labute approximate surface area is 114 Å². The van der Waals surface area contributed by atoms with Crippen molar-refractivity contribution in [1.82, 2.24) is 14.8 Å². The fraction of sp³-hybridized carbons (Fsp3) is 0.143. The number of aryl methyl sites for hydroxylation is 2. The van der Waals surface area contributed by atoms with Gasteiger partial charge in [0.15, 0.2) is 5.82 Å². The lowest BCUT2D eigenvalue weighted by molar-refractivity contribution is 0.867. The van der Waals surface area contributed by atoms with Crippen molar-refractivity contribution in [2.45, 2.75) is 13.8 Å². The van der Waals surface area contributed by atoms with Crippen molar-refractivity contribution in [1.29, 1.82) is 0 Å². The number of aromatic nitrogens is 3. The van der Waals surface area contributed by atoms with Crippen LogP contribution in [0.3, 0.4) is 0 Å². The zero-order valence-electron chi connectivity index (χ0n) is 10.2. The number of benzene rings is 1.